The van der Waals surface area contributed by atoms with Crippen molar-refractivity contribution in [2.45, 2.75) is 18.7 Å². The third-order valence-electron chi connectivity index (χ3n) is 4.32. The lowest BCUT2D eigenvalue weighted by Gasteiger charge is -2.07. The van der Waals surface area contributed by atoms with Gasteiger partial charge in [-0.05, 0) is 53.9 Å². The molecule has 138 valence electrons. The van der Waals surface area contributed by atoms with E-state index in [2.05, 4.69) is 10.8 Å². The van der Waals surface area contributed by atoms with Crippen LogP contribution in [-0.4, -0.2) is 26.6 Å². The summed E-state index contributed by atoms with van der Waals surface area (Å²) in [4.78, 5) is 0. The van der Waals surface area contributed by atoms with E-state index in [1.165, 1.54) is 0 Å². The van der Waals surface area contributed by atoms with Gasteiger partial charge < -0.3 is 15.0 Å². The Labute approximate surface area is 153 Å². The lowest BCUT2D eigenvalue weighted by molar-refractivity contribution is 0.414. The fourth-order valence-electron chi connectivity index (χ4n) is 3.15. The zero-order valence-corrected chi connectivity index (χ0v) is 15.5. The van der Waals surface area contributed by atoms with E-state index in [0.29, 0.717) is 18.7 Å². The van der Waals surface area contributed by atoms with Gasteiger partial charge in [-0.15, -0.1) is 0 Å². The maximum absolute atomic E-state index is 11.4. The average molecular weight is 373 g/mol. The van der Waals surface area contributed by atoms with E-state index < -0.39 is 10.0 Å². The average Bonchev–Trinajstić information content (AvgIpc) is 2.91. The Kier molecular flexibility index (Phi) is 5.31. The first-order valence-corrected chi connectivity index (χ1v) is 10.1. The summed E-state index contributed by atoms with van der Waals surface area (Å²) in [5.41, 5.74) is 9.72. The SMILES string of the molecule is COc1ccc(Cn2cc(CCN)c3cc(CS(N)(=O)=O)ccc32)cc1. The molecule has 0 amide bonds. The lowest BCUT2D eigenvalue weighted by Crippen LogP contribution is -2.14. The second-order valence-corrected chi connectivity index (χ2v) is 7.94. The van der Waals surface area contributed by atoms with Crippen molar-refractivity contribution in [2.75, 3.05) is 13.7 Å². The van der Waals surface area contributed by atoms with Crippen molar-refractivity contribution < 1.29 is 13.2 Å². The highest BCUT2D eigenvalue weighted by Crippen LogP contribution is 2.25. The van der Waals surface area contributed by atoms with Gasteiger partial charge in [-0.3, -0.25) is 0 Å². The highest BCUT2D eigenvalue weighted by molar-refractivity contribution is 7.88. The van der Waals surface area contributed by atoms with Gasteiger partial charge in [0.1, 0.15) is 5.75 Å². The number of rotatable bonds is 7. The van der Waals surface area contributed by atoms with E-state index in [4.69, 9.17) is 15.6 Å². The molecular weight excluding hydrogens is 350 g/mol. The standard InChI is InChI=1S/C19H23N3O3S/c1-25-17-5-2-14(3-6-17)11-22-12-16(8-9-20)18-10-15(4-7-19(18)22)13-26(21,23)24/h2-7,10,12H,8-9,11,13,20H2,1H3,(H2,21,23,24). The Morgan fingerprint density at radius 1 is 1.08 bits per heavy atom. The molecule has 3 rings (SSSR count). The Morgan fingerprint density at radius 3 is 2.38 bits per heavy atom. The first kappa shape index (κ1) is 18.4. The minimum absolute atomic E-state index is 0.172. The van der Waals surface area contributed by atoms with Crippen LogP contribution in [0.4, 0.5) is 0 Å². The fraction of sp³-hybridized carbons (Fsp3) is 0.263. The first-order chi connectivity index (χ1) is 12.4. The topological polar surface area (TPSA) is 100 Å². The van der Waals surface area contributed by atoms with Gasteiger partial charge in [-0.1, -0.05) is 18.2 Å². The van der Waals surface area contributed by atoms with Crippen LogP contribution in [0.15, 0.2) is 48.7 Å². The Balaban J connectivity index is 1.99. The van der Waals surface area contributed by atoms with Crippen LogP contribution < -0.4 is 15.6 Å². The molecule has 0 radical (unpaired) electrons. The van der Waals surface area contributed by atoms with Gasteiger partial charge in [0.05, 0.1) is 12.9 Å². The summed E-state index contributed by atoms with van der Waals surface area (Å²) in [7, 11) is -1.92. The molecule has 3 aromatic rings. The molecule has 0 aliphatic heterocycles. The molecule has 0 bridgehead atoms. The molecule has 1 heterocycles. The summed E-state index contributed by atoms with van der Waals surface area (Å²) in [5, 5.41) is 6.19. The van der Waals surface area contributed by atoms with E-state index in [1.807, 2.05) is 42.5 Å². The molecule has 0 unspecified atom stereocenters. The van der Waals surface area contributed by atoms with E-state index >= 15 is 0 Å². The number of fused-ring (bicyclic) bond motifs is 1. The van der Waals surface area contributed by atoms with Gasteiger partial charge in [0.2, 0.25) is 10.0 Å². The number of sulfonamides is 1. The van der Waals surface area contributed by atoms with Gasteiger partial charge in [-0.2, -0.15) is 0 Å². The van der Waals surface area contributed by atoms with Crippen molar-refractivity contribution in [1.82, 2.24) is 4.57 Å². The maximum Gasteiger partial charge on any atom is 0.213 e. The van der Waals surface area contributed by atoms with Crippen LogP contribution in [0.2, 0.25) is 0 Å². The highest BCUT2D eigenvalue weighted by Gasteiger charge is 2.12. The van der Waals surface area contributed by atoms with Crippen molar-refractivity contribution in [3.8, 4) is 5.75 Å². The van der Waals surface area contributed by atoms with Crippen molar-refractivity contribution in [2.24, 2.45) is 10.9 Å². The Morgan fingerprint density at radius 2 is 1.77 bits per heavy atom. The van der Waals surface area contributed by atoms with Crippen molar-refractivity contribution in [3.63, 3.8) is 0 Å². The van der Waals surface area contributed by atoms with Crippen LogP contribution >= 0.6 is 0 Å². The number of aromatic nitrogens is 1. The fourth-order valence-corrected chi connectivity index (χ4v) is 3.80. The summed E-state index contributed by atoms with van der Waals surface area (Å²) < 4.78 is 30.1. The molecule has 0 aliphatic rings. The van der Waals surface area contributed by atoms with Gasteiger partial charge in [-0.25, -0.2) is 13.6 Å². The summed E-state index contributed by atoms with van der Waals surface area (Å²) in [6, 6.07) is 13.6. The second kappa shape index (κ2) is 7.49. The highest BCUT2D eigenvalue weighted by atomic mass is 32.2. The molecule has 0 saturated carbocycles. The zero-order chi connectivity index (χ0) is 18.7. The molecule has 0 saturated heterocycles. The van der Waals surface area contributed by atoms with Crippen LogP contribution in [0.25, 0.3) is 10.9 Å². The number of ether oxygens (including phenoxy) is 1. The molecule has 26 heavy (non-hydrogen) atoms. The second-order valence-electron chi connectivity index (χ2n) is 6.33. The Hall–Kier alpha value is -2.35. The molecule has 1 aromatic heterocycles. The summed E-state index contributed by atoms with van der Waals surface area (Å²) in [6.07, 6.45) is 2.81. The van der Waals surface area contributed by atoms with Crippen LogP contribution in [0.3, 0.4) is 0 Å². The van der Waals surface area contributed by atoms with Gasteiger partial charge in [0.15, 0.2) is 0 Å². The number of nitrogens with zero attached hydrogens (tertiary/aromatic N) is 1. The zero-order valence-electron chi connectivity index (χ0n) is 14.7. The van der Waals surface area contributed by atoms with Crippen molar-refractivity contribution >= 4 is 20.9 Å². The number of nitrogens with two attached hydrogens (primary N) is 2. The van der Waals surface area contributed by atoms with Crippen LogP contribution in [-0.2, 0) is 28.7 Å². The molecule has 0 atom stereocenters. The Bertz CT molecular complexity index is 1010. The van der Waals surface area contributed by atoms with Crippen LogP contribution in [0.1, 0.15) is 16.7 Å². The third-order valence-corrected chi connectivity index (χ3v) is 5.06. The number of hydrogen-bond acceptors (Lipinski definition) is 4. The number of hydrogen-bond donors (Lipinski definition) is 2. The molecule has 6 nitrogen and oxygen atoms in total. The van der Waals surface area contributed by atoms with E-state index in [0.717, 1.165) is 34.2 Å². The summed E-state index contributed by atoms with van der Waals surface area (Å²) >= 11 is 0. The predicted octanol–water partition coefficient (Wildman–Crippen LogP) is 1.99. The maximum atomic E-state index is 11.4. The quantitative estimate of drug-likeness (QED) is 0.661. The summed E-state index contributed by atoms with van der Waals surface area (Å²) in [6.45, 7) is 1.24. The smallest absolute Gasteiger partial charge is 0.213 e. The molecule has 7 heteroatoms. The minimum Gasteiger partial charge on any atom is -0.497 e. The molecule has 0 aliphatic carbocycles. The molecule has 0 spiro atoms. The normalized spacial score (nSPS) is 11.8. The number of methoxy groups -OCH3 is 1. The number of primary sulfonamides is 1. The molecule has 4 N–H and O–H groups in total. The molecular formula is C19H23N3O3S. The number of benzene rings is 2. The summed E-state index contributed by atoms with van der Waals surface area (Å²) in [5.74, 6) is 0.650. The molecule has 0 fully saturated rings. The first-order valence-electron chi connectivity index (χ1n) is 8.34. The lowest BCUT2D eigenvalue weighted by atomic mass is 10.1. The minimum atomic E-state index is -3.56. The van der Waals surface area contributed by atoms with Gasteiger partial charge in [0, 0.05) is 23.6 Å². The van der Waals surface area contributed by atoms with E-state index in [-0.39, 0.29) is 5.75 Å². The van der Waals surface area contributed by atoms with Crippen LogP contribution in [0, 0.1) is 0 Å². The van der Waals surface area contributed by atoms with Gasteiger partial charge >= 0.3 is 0 Å². The largest absolute Gasteiger partial charge is 0.497 e. The van der Waals surface area contributed by atoms with Gasteiger partial charge in [0.25, 0.3) is 0 Å². The molecule has 2 aromatic carbocycles. The van der Waals surface area contributed by atoms with Crippen molar-refractivity contribution in [1.29, 1.82) is 0 Å². The monoisotopic (exact) mass is 373 g/mol. The van der Waals surface area contributed by atoms with E-state index in [9.17, 15) is 8.42 Å². The van der Waals surface area contributed by atoms with E-state index in [1.54, 1.807) is 7.11 Å². The van der Waals surface area contributed by atoms with Crippen LogP contribution in [0.5, 0.6) is 5.75 Å². The van der Waals surface area contributed by atoms with Crippen molar-refractivity contribution in [3.05, 3.63) is 65.4 Å². The predicted molar refractivity (Wildman–Crippen MR) is 104 cm³/mol. The third kappa shape index (κ3) is 4.24.